The van der Waals surface area contributed by atoms with Crippen molar-refractivity contribution in [2.75, 3.05) is 25.0 Å². The quantitative estimate of drug-likeness (QED) is 0.541. The first kappa shape index (κ1) is 22.8. The Morgan fingerprint density at radius 2 is 2.03 bits per heavy atom. The van der Waals surface area contributed by atoms with Crippen molar-refractivity contribution in [2.45, 2.75) is 44.6 Å². The number of aliphatic carboxylic acids is 1. The SMILES string of the molecule is O=C(O)C[C@H](NC(=O)CN1CC[C@H](CCc2ccc3c(n2)NCCC3)C1=O)c1ccccc1. The number of amides is 2. The molecule has 33 heavy (non-hydrogen) atoms. The Hall–Kier alpha value is -3.42. The summed E-state index contributed by atoms with van der Waals surface area (Å²) in [4.78, 5) is 43.0. The number of nitrogens with one attached hydrogen (secondary N) is 2. The van der Waals surface area contributed by atoms with Gasteiger partial charge in [-0.15, -0.1) is 0 Å². The molecule has 2 atom stereocenters. The molecule has 2 aliphatic rings. The maximum Gasteiger partial charge on any atom is 0.305 e. The fraction of sp³-hybridized carbons (Fsp3) is 0.440. The molecular weight excluding hydrogens is 420 g/mol. The number of aryl methyl sites for hydroxylation is 2. The van der Waals surface area contributed by atoms with Crippen LogP contribution in [-0.4, -0.2) is 52.4 Å². The second kappa shape index (κ2) is 10.5. The number of hydrogen-bond acceptors (Lipinski definition) is 5. The number of carboxylic acids is 1. The third-order valence-corrected chi connectivity index (χ3v) is 6.36. The summed E-state index contributed by atoms with van der Waals surface area (Å²) in [6.07, 6.45) is 4.09. The van der Waals surface area contributed by atoms with Crippen LogP contribution in [0.3, 0.4) is 0 Å². The summed E-state index contributed by atoms with van der Waals surface area (Å²) in [5.41, 5.74) is 2.95. The number of likely N-dealkylation sites (tertiary alicyclic amines) is 1. The third-order valence-electron chi connectivity index (χ3n) is 6.36. The summed E-state index contributed by atoms with van der Waals surface area (Å²) in [6.45, 7) is 1.42. The predicted molar refractivity (Wildman–Crippen MR) is 124 cm³/mol. The van der Waals surface area contributed by atoms with E-state index in [1.165, 1.54) is 5.56 Å². The number of hydrogen-bond donors (Lipinski definition) is 3. The molecule has 0 unspecified atom stereocenters. The van der Waals surface area contributed by atoms with E-state index in [0.717, 1.165) is 42.9 Å². The highest BCUT2D eigenvalue weighted by Crippen LogP contribution is 2.25. The van der Waals surface area contributed by atoms with Crippen molar-refractivity contribution in [1.29, 1.82) is 0 Å². The van der Waals surface area contributed by atoms with E-state index < -0.39 is 12.0 Å². The first-order valence-corrected chi connectivity index (χ1v) is 11.6. The van der Waals surface area contributed by atoms with Gasteiger partial charge in [-0.25, -0.2) is 4.98 Å². The van der Waals surface area contributed by atoms with E-state index in [-0.39, 0.29) is 30.7 Å². The van der Waals surface area contributed by atoms with E-state index in [1.54, 1.807) is 29.2 Å². The van der Waals surface area contributed by atoms with Crippen molar-refractivity contribution >= 4 is 23.6 Å². The molecular formula is C25H30N4O4. The Morgan fingerprint density at radius 3 is 2.82 bits per heavy atom. The van der Waals surface area contributed by atoms with Gasteiger partial charge in [0, 0.05) is 24.7 Å². The van der Waals surface area contributed by atoms with Gasteiger partial charge in [-0.3, -0.25) is 14.4 Å². The smallest absolute Gasteiger partial charge is 0.305 e. The van der Waals surface area contributed by atoms with Gasteiger partial charge < -0.3 is 20.6 Å². The number of carboxylic acid groups (broad SMARTS) is 1. The van der Waals surface area contributed by atoms with Crippen molar-refractivity contribution in [3.8, 4) is 0 Å². The van der Waals surface area contributed by atoms with Crippen molar-refractivity contribution < 1.29 is 19.5 Å². The number of nitrogens with zero attached hydrogens (tertiary/aromatic N) is 2. The van der Waals surface area contributed by atoms with Gasteiger partial charge in [-0.1, -0.05) is 36.4 Å². The van der Waals surface area contributed by atoms with Crippen molar-refractivity contribution in [1.82, 2.24) is 15.2 Å². The van der Waals surface area contributed by atoms with Crippen LogP contribution >= 0.6 is 0 Å². The topological polar surface area (TPSA) is 112 Å². The maximum absolute atomic E-state index is 12.8. The number of pyridine rings is 1. The Kier molecular flexibility index (Phi) is 7.22. The molecule has 1 aromatic carbocycles. The van der Waals surface area contributed by atoms with Gasteiger partial charge in [0.2, 0.25) is 11.8 Å². The molecule has 2 amide bonds. The lowest BCUT2D eigenvalue weighted by molar-refractivity contribution is -0.138. The summed E-state index contributed by atoms with van der Waals surface area (Å²) >= 11 is 0. The van der Waals surface area contributed by atoms with Crippen LogP contribution in [0.5, 0.6) is 0 Å². The molecule has 3 N–H and O–H groups in total. The third kappa shape index (κ3) is 5.88. The average molecular weight is 451 g/mol. The highest BCUT2D eigenvalue weighted by atomic mass is 16.4. The molecule has 4 rings (SSSR count). The van der Waals surface area contributed by atoms with Gasteiger partial charge in [0.1, 0.15) is 5.82 Å². The van der Waals surface area contributed by atoms with Gasteiger partial charge in [-0.05, 0) is 49.3 Å². The summed E-state index contributed by atoms with van der Waals surface area (Å²) in [6, 6.07) is 12.6. The number of rotatable bonds is 9. The maximum atomic E-state index is 12.8. The molecule has 3 heterocycles. The van der Waals surface area contributed by atoms with Crippen molar-refractivity contribution in [2.24, 2.45) is 5.92 Å². The number of carbonyl (C=O) groups is 3. The second-order valence-corrected chi connectivity index (χ2v) is 8.75. The first-order chi connectivity index (χ1) is 16.0. The minimum absolute atomic E-state index is 0.0178. The molecule has 0 saturated carbocycles. The van der Waals surface area contributed by atoms with Gasteiger partial charge in [0.15, 0.2) is 0 Å². The van der Waals surface area contributed by atoms with Crippen LogP contribution < -0.4 is 10.6 Å². The van der Waals surface area contributed by atoms with Crippen LogP contribution in [0.2, 0.25) is 0 Å². The van der Waals surface area contributed by atoms with E-state index in [0.29, 0.717) is 19.4 Å². The Morgan fingerprint density at radius 1 is 1.21 bits per heavy atom. The number of aromatic nitrogens is 1. The molecule has 0 radical (unpaired) electrons. The van der Waals surface area contributed by atoms with Crippen molar-refractivity contribution in [3.05, 3.63) is 59.3 Å². The van der Waals surface area contributed by atoms with E-state index in [1.807, 2.05) is 12.1 Å². The van der Waals surface area contributed by atoms with Crippen LogP contribution in [-0.2, 0) is 27.2 Å². The lowest BCUT2D eigenvalue weighted by Crippen LogP contribution is -2.40. The monoisotopic (exact) mass is 450 g/mol. The normalized spacial score (nSPS) is 18.4. The zero-order valence-electron chi connectivity index (χ0n) is 18.6. The molecule has 0 spiro atoms. The summed E-state index contributed by atoms with van der Waals surface area (Å²) in [5, 5.41) is 15.3. The van der Waals surface area contributed by atoms with E-state index in [2.05, 4.69) is 16.7 Å². The molecule has 2 aliphatic heterocycles. The Labute approximate surface area is 193 Å². The Balaban J connectivity index is 1.29. The predicted octanol–water partition coefficient (Wildman–Crippen LogP) is 2.55. The van der Waals surface area contributed by atoms with E-state index in [9.17, 15) is 19.5 Å². The minimum atomic E-state index is -0.993. The molecule has 0 aliphatic carbocycles. The summed E-state index contributed by atoms with van der Waals surface area (Å²) in [7, 11) is 0. The number of carbonyl (C=O) groups excluding carboxylic acids is 2. The highest BCUT2D eigenvalue weighted by molar-refractivity contribution is 5.87. The summed E-state index contributed by atoms with van der Waals surface area (Å²) < 4.78 is 0. The minimum Gasteiger partial charge on any atom is -0.481 e. The first-order valence-electron chi connectivity index (χ1n) is 11.6. The van der Waals surface area contributed by atoms with Crippen LogP contribution in [0.25, 0.3) is 0 Å². The van der Waals surface area contributed by atoms with E-state index in [4.69, 9.17) is 4.98 Å². The lowest BCUT2D eigenvalue weighted by Gasteiger charge is -2.21. The van der Waals surface area contributed by atoms with Crippen LogP contribution in [0, 0.1) is 5.92 Å². The standard InChI is InChI=1S/C25H30N4O4/c30-22(28-21(15-23(31)32)17-5-2-1-3-6-17)16-29-14-12-19(25(29)33)9-11-20-10-8-18-7-4-13-26-24(18)27-20/h1-3,5-6,8,10,19,21H,4,7,9,11-16H2,(H,26,27)(H,28,30)(H,31,32)/t19-,21-/m0/s1. The van der Waals surface area contributed by atoms with Gasteiger partial charge in [-0.2, -0.15) is 0 Å². The van der Waals surface area contributed by atoms with Crippen LogP contribution in [0.15, 0.2) is 42.5 Å². The number of fused-ring (bicyclic) bond motifs is 1. The number of benzene rings is 1. The zero-order chi connectivity index (χ0) is 23.2. The average Bonchev–Trinajstić information content (AvgIpc) is 3.16. The molecule has 1 fully saturated rings. The molecule has 2 aromatic rings. The van der Waals surface area contributed by atoms with Crippen molar-refractivity contribution in [3.63, 3.8) is 0 Å². The molecule has 8 heteroatoms. The number of anilines is 1. The lowest BCUT2D eigenvalue weighted by atomic mass is 9.99. The second-order valence-electron chi connectivity index (χ2n) is 8.75. The Bertz CT molecular complexity index is 1010. The molecule has 174 valence electrons. The van der Waals surface area contributed by atoms with E-state index >= 15 is 0 Å². The highest BCUT2D eigenvalue weighted by Gasteiger charge is 2.33. The largest absolute Gasteiger partial charge is 0.481 e. The summed E-state index contributed by atoms with van der Waals surface area (Å²) in [5.74, 6) is -0.513. The van der Waals surface area contributed by atoms with Gasteiger partial charge >= 0.3 is 5.97 Å². The fourth-order valence-electron chi connectivity index (χ4n) is 4.58. The van der Waals surface area contributed by atoms with Gasteiger partial charge in [0.25, 0.3) is 0 Å². The zero-order valence-corrected chi connectivity index (χ0v) is 18.6. The fourth-order valence-corrected chi connectivity index (χ4v) is 4.58. The molecule has 0 bridgehead atoms. The van der Waals surface area contributed by atoms with Gasteiger partial charge in [0.05, 0.1) is 19.0 Å². The molecule has 8 nitrogen and oxygen atoms in total. The molecule has 1 aromatic heterocycles. The van der Waals surface area contributed by atoms with Crippen LogP contribution in [0.1, 0.15) is 48.5 Å². The van der Waals surface area contributed by atoms with Crippen LogP contribution in [0.4, 0.5) is 5.82 Å². The molecule has 1 saturated heterocycles.